The predicted octanol–water partition coefficient (Wildman–Crippen LogP) is 2.97. The molecule has 0 aliphatic rings. The Labute approximate surface area is 134 Å². The molecule has 0 N–H and O–H groups in total. The largest absolute Gasteiger partial charge is 0.772 e. The molecule has 0 saturated heterocycles. The minimum absolute atomic E-state index is 0.0890. The molecule has 0 fully saturated rings. The summed E-state index contributed by atoms with van der Waals surface area (Å²) in [4.78, 5) is 8.33. The Morgan fingerprint density at radius 3 is 2.55 bits per heavy atom. The Morgan fingerprint density at radius 1 is 1.14 bits per heavy atom. The first-order chi connectivity index (χ1) is 10.6. The van der Waals surface area contributed by atoms with Crippen LogP contribution in [0.15, 0.2) is 55.1 Å². The molecule has 3 aromatic rings. The number of benzene rings is 1. The second kappa shape index (κ2) is 6.39. The number of hydrogen-bond donors (Lipinski definition) is 0. The molecule has 2 aromatic heterocycles. The summed E-state index contributed by atoms with van der Waals surface area (Å²) in [6.45, 7) is 0. The van der Waals surface area contributed by atoms with Crippen molar-refractivity contribution in [2.75, 3.05) is 0 Å². The molecule has 0 radical (unpaired) electrons. The molecule has 0 aliphatic heterocycles. The summed E-state index contributed by atoms with van der Waals surface area (Å²) in [6.07, 6.45) is 5.07. The molecule has 0 spiro atoms. The van der Waals surface area contributed by atoms with Gasteiger partial charge in [0.15, 0.2) is 0 Å². The van der Waals surface area contributed by atoms with Crippen LogP contribution >= 0.6 is 11.6 Å². The van der Waals surface area contributed by atoms with Gasteiger partial charge in [-0.2, -0.15) is 0 Å². The van der Waals surface area contributed by atoms with Gasteiger partial charge in [-0.25, -0.2) is 4.98 Å². The number of imidazole rings is 1. The third kappa shape index (κ3) is 3.24. The Kier molecular flexibility index (Phi) is 4.33. The lowest BCUT2D eigenvalue weighted by atomic mass is 10.1. The summed E-state index contributed by atoms with van der Waals surface area (Å²) < 4.78 is 23.2. The SMILES string of the molecule is O=S([O-])Cc1ccc(-n2cncc2-c2ccc(Cl)cc2)cn1. The highest BCUT2D eigenvalue weighted by Gasteiger charge is 2.07. The fraction of sp³-hybridized carbons (Fsp3) is 0.0667. The summed E-state index contributed by atoms with van der Waals surface area (Å²) in [5.74, 6) is -0.0890. The van der Waals surface area contributed by atoms with Crippen LogP contribution < -0.4 is 0 Å². The van der Waals surface area contributed by atoms with Gasteiger partial charge in [0.2, 0.25) is 0 Å². The van der Waals surface area contributed by atoms with Crippen molar-refractivity contribution in [2.24, 2.45) is 0 Å². The number of nitrogens with zero attached hydrogens (tertiary/aromatic N) is 3. The van der Waals surface area contributed by atoms with E-state index < -0.39 is 11.1 Å². The van der Waals surface area contributed by atoms with E-state index in [2.05, 4.69) is 9.97 Å². The summed E-state index contributed by atoms with van der Waals surface area (Å²) >= 11 is 3.77. The average molecular weight is 333 g/mol. The highest BCUT2D eigenvalue weighted by molar-refractivity contribution is 7.78. The standard InChI is InChI=1S/C15H12ClN3O2S/c16-12-3-1-11(2-4-12)15-8-17-10-19(15)14-6-5-13(18-7-14)9-22(20)21/h1-8,10H,9H2,(H,20,21)/p-1. The summed E-state index contributed by atoms with van der Waals surface area (Å²) in [5.41, 5.74) is 3.19. The van der Waals surface area contributed by atoms with E-state index in [1.165, 1.54) is 0 Å². The van der Waals surface area contributed by atoms with E-state index in [9.17, 15) is 8.76 Å². The van der Waals surface area contributed by atoms with Crippen LogP contribution in [0.3, 0.4) is 0 Å². The van der Waals surface area contributed by atoms with Gasteiger partial charge in [0.1, 0.15) is 0 Å². The second-order valence-electron chi connectivity index (χ2n) is 4.61. The van der Waals surface area contributed by atoms with Crippen LogP contribution in [0.1, 0.15) is 5.69 Å². The lowest BCUT2D eigenvalue weighted by molar-refractivity contribution is 0.535. The third-order valence-corrected chi connectivity index (χ3v) is 3.91. The lowest BCUT2D eigenvalue weighted by Gasteiger charge is -2.09. The average Bonchev–Trinajstić information content (AvgIpc) is 2.97. The van der Waals surface area contributed by atoms with Gasteiger partial charge in [0.25, 0.3) is 0 Å². The van der Waals surface area contributed by atoms with E-state index in [4.69, 9.17) is 11.6 Å². The zero-order valence-corrected chi connectivity index (χ0v) is 12.9. The summed E-state index contributed by atoms with van der Waals surface area (Å²) in [6, 6.07) is 11.0. The minimum Gasteiger partial charge on any atom is -0.772 e. The first kappa shape index (κ1) is 14.9. The molecular weight excluding hydrogens is 322 g/mol. The Hall–Kier alpha value is -2.02. The number of hydrogen-bond acceptors (Lipinski definition) is 4. The van der Waals surface area contributed by atoms with Crippen LogP contribution in [0.4, 0.5) is 0 Å². The van der Waals surface area contributed by atoms with Gasteiger partial charge in [-0.3, -0.25) is 13.8 Å². The molecule has 1 atom stereocenters. The van der Waals surface area contributed by atoms with Crippen LogP contribution in [0.2, 0.25) is 5.02 Å². The molecule has 1 unspecified atom stereocenters. The number of aromatic nitrogens is 3. The van der Waals surface area contributed by atoms with Crippen LogP contribution in [0, 0.1) is 0 Å². The van der Waals surface area contributed by atoms with E-state index >= 15 is 0 Å². The van der Waals surface area contributed by atoms with Gasteiger partial charge in [0, 0.05) is 10.6 Å². The minimum atomic E-state index is -2.14. The van der Waals surface area contributed by atoms with Crippen LogP contribution in [0.25, 0.3) is 16.9 Å². The van der Waals surface area contributed by atoms with Crippen molar-refractivity contribution in [1.82, 2.24) is 14.5 Å². The zero-order valence-electron chi connectivity index (χ0n) is 11.3. The summed E-state index contributed by atoms with van der Waals surface area (Å²) in [5, 5.41) is 0.673. The molecule has 2 heterocycles. The molecule has 3 rings (SSSR count). The monoisotopic (exact) mass is 332 g/mol. The quantitative estimate of drug-likeness (QED) is 0.689. The highest BCUT2D eigenvalue weighted by Crippen LogP contribution is 2.24. The molecule has 1 aromatic carbocycles. The molecule has 112 valence electrons. The van der Waals surface area contributed by atoms with E-state index in [1.54, 1.807) is 24.8 Å². The number of rotatable bonds is 4. The van der Waals surface area contributed by atoms with Gasteiger partial charge in [-0.15, -0.1) is 0 Å². The van der Waals surface area contributed by atoms with E-state index in [0.29, 0.717) is 10.7 Å². The normalized spacial score (nSPS) is 12.3. The molecule has 0 amide bonds. The second-order valence-corrected chi connectivity index (χ2v) is 5.94. The first-order valence-electron chi connectivity index (χ1n) is 6.43. The summed E-state index contributed by atoms with van der Waals surface area (Å²) in [7, 11) is 0. The van der Waals surface area contributed by atoms with Crippen LogP contribution in [-0.2, 0) is 16.8 Å². The van der Waals surface area contributed by atoms with Crippen molar-refractivity contribution in [2.45, 2.75) is 5.75 Å². The van der Waals surface area contributed by atoms with Crippen molar-refractivity contribution < 1.29 is 8.76 Å². The van der Waals surface area contributed by atoms with Crippen LogP contribution in [0.5, 0.6) is 0 Å². The topological polar surface area (TPSA) is 70.8 Å². The smallest absolute Gasteiger partial charge is 0.0997 e. The Morgan fingerprint density at radius 2 is 1.91 bits per heavy atom. The van der Waals surface area contributed by atoms with Crippen molar-refractivity contribution in [3.63, 3.8) is 0 Å². The predicted molar refractivity (Wildman–Crippen MR) is 84.4 cm³/mol. The molecule has 0 bridgehead atoms. The van der Waals surface area contributed by atoms with E-state index in [1.807, 2.05) is 34.9 Å². The van der Waals surface area contributed by atoms with Gasteiger partial charge < -0.3 is 4.55 Å². The zero-order chi connectivity index (χ0) is 15.5. The third-order valence-electron chi connectivity index (χ3n) is 3.13. The number of halogens is 1. The van der Waals surface area contributed by atoms with Crippen molar-refractivity contribution in [3.05, 3.63) is 65.8 Å². The van der Waals surface area contributed by atoms with E-state index in [0.717, 1.165) is 16.9 Å². The van der Waals surface area contributed by atoms with E-state index in [-0.39, 0.29) is 5.75 Å². The number of pyridine rings is 1. The molecule has 5 nitrogen and oxygen atoms in total. The van der Waals surface area contributed by atoms with Crippen LogP contribution in [-0.4, -0.2) is 23.3 Å². The van der Waals surface area contributed by atoms with Gasteiger partial charge in [-0.1, -0.05) is 23.7 Å². The van der Waals surface area contributed by atoms with Crippen molar-refractivity contribution >= 4 is 22.7 Å². The lowest BCUT2D eigenvalue weighted by Crippen LogP contribution is -2.00. The Balaban J connectivity index is 1.94. The van der Waals surface area contributed by atoms with Gasteiger partial charge in [-0.05, 0) is 35.3 Å². The maximum absolute atomic E-state index is 10.7. The molecule has 22 heavy (non-hydrogen) atoms. The van der Waals surface area contributed by atoms with Crippen molar-refractivity contribution in [1.29, 1.82) is 0 Å². The Bertz CT molecular complexity index is 800. The maximum Gasteiger partial charge on any atom is 0.0997 e. The molecular formula is C15H11ClN3O2S-. The van der Waals surface area contributed by atoms with Gasteiger partial charge in [0.05, 0.1) is 41.5 Å². The molecule has 7 heteroatoms. The fourth-order valence-electron chi connectivity index (χ4n) is 2.10. The molecule has 0 saturated carbocycles. The van der Waals surface area contributed by atoms with Gasteiger partial charge >= 0.3 is 0 Å². The highest BCUT2D eigenvalue weighted by atomic mass is 35.5. The maximum atomic E-state index is 10.7. The molecule has 0 aliphatic carbocycles. The first-order valence-corrected chi connectivity index (χ1v) is 8.05. The fourth-order valence-corrected chi connectivity index (χ4v) is 2.64. The van der Waals surface area contributed by atoms with Crippen molar-refractivity contribution in [3.8, 4) is 16.9 Å².